The highest BCUT2D eigenvalue weighted by atomic mass is 19.1. The molecule has 1 rings (SSSR count). The van der Waals surface area contributed by atoms with Crippen LogP contribution in [-0.4, -0.2) is 30.4 Å². The molecule has 6 heteroatoms. The second-order valence-electron chi connectivity index (χ2n) is 4.51. The zero-order valence-electron chi connectivity index (χ0n) is 11.2. The Morgan fingerprint density at radius 1 is 1.32 bits per heavy atom. The lowest BCUT2D eigenvalue weighted by atomic mass is 9.95. The maximum atomic E-state index is 14.0. The topological polar surface area (TPSA) is 76.0 Å². The molecule has 0 saturated carbocycles. The number of hydrogen-bond donors (Lipinski definition) is 2. The van der Waals surface area contributed by atoms with Gasteiger partial charge < -0.3 is 19.7 Å². The van der Waals surface area contributed by atoms with Gasteiger partial charge >= 0.3 is 5.97 Å². The van der Waals surface area contributed by atoms with Gasteiger partial charge in [0.15, 0.2) is 17.6 Å². The van der Waals surface area contributed by atoms with Crippen LogP contribution in [0.4, 0.5) is 4.39 Å². The molecule has 2 N–H and O–H groups in total. The van der Waals surface area contributed by atoms with Gasteiger partial charge in [-0.05, 0) is 31.5 Å². The Morgan fingerprint density at radius 3 is 2.26 bits per heavy atom. The fourth-order valence-electron chi connectivity index (χ4n) is 1.67. The zero-order valence-corrected chi connectivity index (χ0v) is 11.2. The van der Waals surface area contributed by atoms with Gasteiger partial charge in [0, 0.05) is 5.56 Å². The molecule has 0 bridgehead atoms. The summed E-state index contributed by atoms with van der Waals surface area (Å²) >= 11 is 0. The summed E-state index contributed by atoms with van der Waals surface area (Å²) in [6.45, 7) is 2.65. The van der Waals surface area contributed by atoms with Crippen LogP contribution in [0.3, 0.4) is 0 Å². The normalized spacial score (nSPS) is 12.9. The number of aliphatic hydroxyl groups excluding tert-OH is 1. The van der Waals surface area contributed by atoms with Crippen LogP contribution in [0.1, 0.15) is 31.1 Å². The van der Waals surface area contributed by atoms with E-state index in [-0.39, 0.29) is 22.6 Å². The fraction of sp³-hybridized carbons (Fsp3) is 0.462. The third-order valence-corrected chi connectivity index (χ3v) is 2.72. The number of carboxylic acid groups (broad SMARTS) is 1. The Bertz CT molecular complexity index is 479. The molecule has 0 heterocycles. The lowest BCUT2D eigenvalue weighted by molar-refractivity contribution is -0.147. The average molecular weight is 272 g/mol. The van der Waals surface area contributed by atoms with Gasteiger partial charge in [-0.3, -0.25) is 0 Å². The number of aliphatic carboxylic acids is 1. The van der Waals surface area contributed by atoms with Crippen LogP contribution >= 0.6 is 0 Å². The smallest absolute Gasteiger partial charge is 0.337 e. The lowest BCUT2D eigenvalue weighted by Gasteiger charge is -2.21. The first kappa shape index (κ1) is 15.2. The molecule has 1 atom stereocenters. The Kier molecular flexibility index (Phi) is 4.36. The van der Waals surface area contributed by atoms with Gasteiger partial charge in [-0.25, -0.2) is 9.18 Å². The molecule has 1 aromatic rings. The number of ether oxygens (including phenoxy) is 2. The molecule has 5 nitrogen and oxygen atoms in total. The first-order chi connectivity index (χ1) is 8.72. The van der Waals surface area contributed by atoms with Crippen molar-refractivity contribution in [3.63, 3.8) is 0 Å². The summed E-state index contributed by atoms with van der Waals surface area (Å²) < 4.78 is 24.1. The van der Waals surface area contributed by atoms with E-state index in [4.69, 9.17) is 14.6 Å². The molecule has 106 valence electrons. The van der Waals surface area contributed by atoms with Gasteiger partial charge in [-0.1, -0.05) is 0 Å². The second-order valence-corrected chi connectivity index (χ2v) is 4.51. The van der Waals surface area contributed by atoms with E-state index in [1.54, 1.807) is 0 Å². The van der Waals surface area contributed by atoms with Crippen molar-refractivity contribution in [1.29, 1.82) is 0 Å². The molecule has 0 amide bonds. The molecular formula is C13H17FO5. The van der Waals surface area contributed by atoms with E-state index in [2.05, 4.69) is 0 Å². The number of hydrogen-bond acceptors (Lipinski definition) is 4. The summed E-state index contributed by atoms with van der Waals surface area (Å²) in [5.74, 6) is -1.21. The number of halogens is 1. The second kappa shape index (κ2) is 5.44. The molecule has 0 spiro atoms. The highest BCUT2D eigenvalue weighted by Gasteiger charge is 2.28. The molecule has 1 aromatic carbocycles. The van der Waals surface area contributed by atoms with Crippen LogP contribution in [0.15, 0.2) is 12.1 Å². The van der Waals surface area contributed by atoms with Crippen molar-refractivity contribution in [3.8, 4) is 11.5 Å². The molecule has 0 aliphatic rings. The minimum atomic E-state index is -1.81. The number of alkyl halides is 1. The number of benzene rings is 1. The van der Waals surface area contributed by atoms with Gasteiger partial charge in [0.1, 0.15) is 5.67 Å². The van der Waals surface area contributed by atoms with Crippen molar-refractivity contribution < 1.29 is 28.9 Å². The van der Waals surface area contributed by atoms with Crippen LogP contribution < -0.4 is 9.47 Å². The highest BCUT2D eigenvalue weighted by Crippen LogP contribution is 2.40. The Balaban J connectivity index is 3.53. The standard InChI is InChI=1S/C13H17FO5/c1-13(2,14)7-5-8(10(15)12(16)17)11(19-4)9(6-7)18-3/h5-6,10,15H,1-4H3,(H,16,17). The van der Waals surface area contributed by atoms with E-state index in [1.807, 2.05) is 0 Å². The maximum Gasteiger partial charge on any atom is 0.337 e. The van der Waals surface area contributed by atoms with Crippen LogP contribution in [0.25, 0.3) is 0 Å². The average Bonchev–Trinajstić information content (AvgIpc) is 2.34. The minimum absolute atomic E-state index is 0.0462. The predicted octanol–water partition coefficient (Wildman–Crippen LogP) is 2.03. The summed E-state index contributed by atoms with van der Waals surface area (Å²) in [5, 5.41) is 18.5. The van der Waals surface area contributed by atoms with Crippen molar-refractivity contribution in [1.82, 2.24) is 0 Å². The molecule has 0 saturated heterocycles. The minimum Gasteiger partial charge on any atom is -0.493 e. The Hall–Kier alpha value is -1.82. The van der Waals surface area contributed by atoms with Gasteiger partial charge in [-0.2, -0.15) is 0 Å². The first-order valence-electron chi connectivity index (χ1n) is 5.58. The lowest BCUT2D eigenvalue weighted by Crippen LogP contribution is -2.16. The van der Waals surface area contributed by atoms with Gasteiger partial charge in [0.05, 0.1) is 14.2 Å². The zero-order chi connectivity index (χ0) is 14.8. The Morgan fingerprint density at radius 2 is 1.89 bits per heavy atom. The molecule has 0 aliphatic heterocycles. The van der Waals surface area contributed by atoms with E-state index in [9.17, 15) is 14.3 Å². The number of aliphatic hydroxyl groups is 1. The number of rotatable bonds is 5. The third kappa shape index (κ3) is 3.14. The monoisotopic (exact) mass is 272 g/mol. The van der Waals surface area contributed by atoms with Crippen molar-refractivity contribution in [3.05, 3.63) is 23.3 Å². The van der Waals surface area contributed by atoms with E-state index in [1.165, 1.54) is 40.2 Å². The number of carbonyl (C=O) groups is 1. The molecule has 1 unspecified atom stereocenters. The predicted molar refractivity (Wildman–Crippen MR) is 66.3 cm³/mol. The van der Waals surface area contributed by atoms with Crippen LogP contribution in [-0.2, 0) is 10.5 Å². The van der Waals surface area contributed by atoms with Crippen LogP contribution in [0.5, 0.6) is 11.5 Å². The maximum absolute atomic E-state index is 14.0. The summed E-state index contributed by atoms with van der Waals surface area (Å²) in [6.07, 6.45) is -1.81. The van der Waals surface area contributed by atoms with E-state index in [0.29, 0.717) is 0 Å². The quantitative estimate of drug-likeness (QED) is 0.857. The van der Waals surface area contributed by atoms with Crippen LogP contribution in [0.2, 0.25) is 0 Å². The summed E-state index contributed by atoms with van der Waals surface area (Å²) in [4.78, 5) is 10.9. The summed E-state index contributed by atoms with van der Waals surface area (Å²) in [5.41, 5.74) is -1.55. The highest BCUT2D eigenvalue weighted by molar-refractivity contribution is 5.76. The summed E-state index contributed by atoms with van der Waals surface area (Å²) in [6, 6.07) is 2.68. The fourth-order valence-corrected chi connectivity index (χ4v) is 1.67. The molecule has 0 radical (unpaired) electrons. The first-order valence-corrected chi connectivity index (χ1v) is 5.58. The van der Waals surface area contributed by atoms with Crippen molar-refractivity contribution in [2.75, 3.05) is 14.2 Å². The van der Waals surface area contributed by atoms with Gasteiger partial charge in [-0.15, -0.1) is 0 Å². The van der Waals surface area contributed by atoms with Gasteiger partial charge in [0.25, 0.3) is 0 Å². The molecule has 0 aromatic heterocycles. The molecule has 0 fully saturated rings. The van der Waals surface area contributed by atoms with Crippen molar-refractivity contribution in [2.24, 2.45) is 0 Å². The van der Waals surface area contributed by atoms with Crippen molar-refractivity contribution >= 4 is 5.97 Å². The van der Waals surface area contributed by atoms with Crippen LogP contribution in [0, 0.1) is 0 Å². The molecular weight excluding hydrogens is 255 g/mol. The number of methoxy groups -OCH3 is 2. The largest absolute Gasteiger partial charge is 0.493 e. The van der Waals surface area contributed by atoms with E-state index >= 15 is 0 Å². The molecule has 0 aliphatic carbocycles. The number of carboxylic acids is 1. The SMILES string of the molecule is COc1cc(C(C)(C)F)cc(C(O)C(=O)O)c1OC. The van der Waals surface area contributed by atoms with Gasteiger partial charge in [0.2, 0.25) is 0 Å². The van der Waals surface area contributed by atoms with E-state index < -0.39 is 17.7 Å². The van der Waals surface area contributed by atoms with E-state index in [0.717, 1.165) is 0 Å². The third-order valence-electron chi connectivity index (χ3n) is 2.72. The molecule has 19 heavy (non-hydrogen) atoms. The van der Waals surface area contributed by atoms with Crippen molar-refractivity contribution in [2.45, 2.75) is 25.6 Å². The summed E-state index contributed by atoms with van der Waals surface area (Å²) in [7, 11) is 2.67. The Labute approximate surface area is 110 Å².